The molecule has 124 valence electrons. The Hall–Kier alpha value is -1.38. The topological polar surface area (TPSA) is 33.2 Å². The molecule has 1 aliphatic heterocycles. The second-order valence-corrected chi connectivity index (χ2v) is 7.83. The van der Waals surface area contributed by atoms with Gasteiger partial charge in [0, 0.05) is 37.3 Å². The van der Waals surface area contributed by atoms with Crippen LogP contribution in [0.1, 0.15) is 63.0 Å². The average molecular weight is 312 g/mol. The molecule has 3 aliphatic rings. The first-order valence-electron chi connectivity index (χ1n) is 9.50. The highest BCUT2D eigenvalue weighted by Gasteiger charge is 2.38. The van der Waals surface area contributed by atoms with Gasteiger partial charge in [-0.15, -0.1) is 0 Å². The van der Waals surface area contributed by atoms with Crippen molar-refractivity contribution < 1.29 is 4.79 Å². The van der Waals surface area contributed by atoms with E-state index in [-0.39, 0.29) is 0 Å². The number of amides is 1. The van der Waals surface area contributed by atoms with Crippen LogP contribution in [0.15, 0.2) is 24.4 Å². The second-order valence-electron chi connectivity index (χ2n) is 7.83. The zero-order chi connectivity index (χ0) is 15.6. The third-order valence-corrected chi connectivity index (χ3v) is 6.57. The third kappa shape index (κ3) is 3.15. The first-order chi connectivity index (χ1) is 11.3. The lowest BCUT2D eigenvalue weighted by atomic mass is 9.63. The number of aromatic nitrogens is 1. The molecule has 2 saturated carbocycles. The lowest BCUT2D eigenvalue weighted by Gasteiger charge is -2.42. The van der Waals surface area contributed by atoms with Crippen LogP contribution >= 0.6 is 0 Å². The van der Waals surface area contributed by atoms with E-state index in [1.54, 1.807) is 0 Å². The summed E-state index contributed by atoms with van der Waals surface area (Å²) in [7, 11) is 0. The normalized spacial score (nSPS) is 25.4. The molecule has 4 rings (SSSR count). The Morgan fingerprint density at radius 3 is 2.43 bits per heavy atom. The monoisotopic (exact) mass is 312 g/mol. The fraction of sp³-hybridized carbons (Fsp3) is 0.700. The maximum Gasteiger partial charge on any atom is 0.222 e. The second kappa shape index (κ2) is 6.62. The fourth-order valence-corrected chi connectivity index (χ4v) is 4.63. The van der Waals surface area contributed by atoms with Crippen molar-refractivity contribution in [3.05, 3.63) is 30.1 Å². The summed E-state index contributed by atoms with van der Waals surface area (Å²) in [5.41, 5.74) is 1.15. The van der Waals surface area contributed by atoms with E-state index in [9.17, 15) is 4.79 Å². The molecule has 3 fully saturated rings. The molecule has 1 saturated heterocycles. The smallest absolute Gasteiger partial charge is 0.222 e. The highest BCUT2D eigenvalue weighted by Crippen LogP contribution is 2.46. The predicted molar refractivity (Wildman–Crippen MR) is 91.0 cm³/mol. The van der Waals surface area contributed by atoms with E-state index in [1.807, 2.05) is 12.3 Å². The van der Waals surface area contributed by atoms with E-state index < -0.39 is 0 Å². The summed E-state index contributed by atoms with van der Waals surface area (Å²) in [6.45, 7) is 1.79. The predicted octanol–water partition coefficient (Wildman–Crippen LogP) is 4.00. The van der Waals surface area contributed by atoms with E-state index in [4.69, 9.17) is 0 Å². The van der Waals surface area contributed by atoms with Crippen LogP contribution in [0, 0.1) is 17.8 Å². The summed E-state index contributed by atoms with van der Waals surface area (Å²) in [6.07, 6.45) is 12.0. The number of likely N-dealkylation sites (tertiary alicyclic amines) is 1. The lowest BCUT2D eigenvalue weighted by Crippen LogP contribution is -2.38. The highest BCUT2D eigenvalue weighted by molar-refractivity contribution is 5.77. The highest BCUT2D eigenvalue weighted by atomic mass is 16.2. The van der Waals surface area contributed by atoms with Crippen molar-refractivity contribution in [2.75, 3.05) is 13.1 Å². The van der Waals surface area contributed by atoms with Gasteiger partial charge >= 0.3 is 0 Å². The van der Waals surface area contributed by atoms with Gasteiger partial charge in [0.2, 0.25) is 5.91 Å². The number of nitrogens with zero attached hydrogens (tertiary/aromatic N) is 2. The molecule has 1 aromatic heterocycles. The van der Waals surface area contributed by atoms with Crippen molar-refractivity contribution in [1.82, 2.24) is 9.88 Å². The first-order valence-corrected chi connectivity index (χ1v) is 9.50. The van der Waals surface area contributed by atoms with Gasteiger partial charge in [-0.1, -0.05) is 44.6 Å². The minimum atomic E-state index is 0.409. The van der Waals surface area contributed by atoms with Crippen LogP contribution in [-0.4, -0.2) is 28.9 Å². The van der Waals surface area contributed by atoms with Crippen molar-refractivity contribution in [3.63, 3.8) is 0 Å². The van der Waals surface area contributed by atoms with Gasteiger partial charge in [-0.25, -0.2) is 0 Å². The van der Waals surface area contributed by atoms with Crippen molar-refractivity contribution in [3.8, 4) is 0 Å². The first kappa shape index (κ1) is 15.2. The molecule has 1 atom stereocenters. The summed E-state index contributed by atoms with van der Waals surface area (Å²) in [5.74, 6) is 3.22. The summed E-state index contributed by atoms with van der Waals surface area (Å²) in [6, 6.07) is 6.11. The molecule has 23 heavy (non-hydrogen) atoms. The summed E-state index contributed by atoms with van der Waals surface area (Å²) in [5, 5.41) is 0. The van der Waals surface area contributed by atoms with Crippen LogP contribution in [0.3, 0.4) is 0 Å². The molecule has 2 aliphatic carbocycles. The minimum Gasteiger partial charge on any atom is -0.342 e. The Balaban J connectivity index is 1.35. The fourth-order valence-electron chi connectivity index (χ4n) is 4.63. The summed E-state index contributed by atoms with van der Waals surface area (Å²) < 4.78 is 0. The SMILES string of the molecule is O=C(CC(C1CCC1)C1CCC1)N1CCC(c2ccccn2)C1. The van der Waals surface area contributed by atoms with Gasteiger partial charge in [0.25, 0.3) is 0 Å². The lowest BCUT2D eigenvalue weighted by molar-refractivity contribution is -0.133. The molecule has 1 aromatic rings. The minimum absolute atomic E-state index is 0.409. The summed E-state index contributed by atoms with van der Waals surface area (Å²) >= 11 is 0. The Bertz CT molecular complexity index is 522. The maximum atomic E-state index is 12.8. The van der Waals surface area contributed by atoms with Gasteiger partial charge in [-0.3, -0.25) is 9.78 Å². The number of hydrogen-bond donors (Lipinski definition) is 0. The van der Waals surface area contributed by atoms with Crippen LogP contribution < -0.4 is 0 Å². The molecule has 0 aromatic carbocycles. The Morgan fingerprint density at radius 2 is 1.87 bits per heavy atom. The zero-order valence-corrected chi connectivity index (χ0v) is 14.0. The van der Waals surface area contributed by atoms with E-state index in [1.165, 1.54) is 38.5 Å². The average Bonchev–Trinajstić information content (AvgIpc) is 2.94. The number of hydrogen-bond acceptors (Lipinski definition) is 2. The molecule has 0 bridgehead atoms. The van der Waals surface area contributed by atoms with Crippen LogP contribution in [0.5, 0.6) is 0 Å². The molecule has 2 heterocycles. The largest absolute Gasteiger partial charge is 0.342 e. The quantitative estimate of drug-likeness (QED) is 0.823. The third-order valence-electron chi connectivity index (χ3n) is 6.57. The van der Waals surface area contributed by atoms with Crippen molar-refractivity contribution in [2.24, 2.45) is 17.8 Å². The molecule has 1 unspecified atom stereocenters. The molecule has 3 heteroatoms. The molecule has 3 nitrogen and oxygen atoms in total. The number of carbonyl (C=O) groups excluding carboxylic acids is 1. The van der Waals surface area contributed by atoms with Crippen molar-refractivity contribution >= 4 is 5.91 Å². The van der Waals surface area contributed by atoms with E-state index in [0.717, 1.165) is 43.5 Å². The maximum absolute atomic E-state index is 12.8. The van der Waals surface area contributed by atoms with Crippen LogP contribution in [0.2, 0.25) is 0 Å². The molecular weight excluding hydrogens is 284 g/mol. The van der Waals surface area contributed by atoms with Gasteiger partial charge < -0.3 is 4.90 Å². The Labute approximate surface area is 139 Å². The van der Waals surface area contributed by atoms with Gasteiger partial charge in [0.1, 0.15) is 0 Å². The molecule has 1 amide bonds. The van der Waals surface area contributed by atoms with E-state index >= 15 is 0 Å². The number of carbonyl (C=O) groups is 1. The number of pyridine rings is 1. The molecule has 0 radical (unpaired) electrons. The Morgan fingerprint density at radius 1 is 1.13 bits per heavy atom. The van der Waals surface area contributed by atoms with Crippen molar-refractivity contribution in [2.45, 2.75) is 57.3 Å². The van der Waals surface area contributed by atoms with E-state index in [2.05, 4.69) is 22.0 Å². The molecule has 0 spiro atoms. The Kier molecular flexibility index (Phi) is 4.37. The van der Waals surface area contributed by atoms with Crippen LogP contribution in [-0.2, 0) is 4.79 Å². The van der Waals surface area contributed by atoms with Gasteiger partial charge in [-0.2, -0.15) is 0 Å². The van der Waals surface area contributed by atoms with Crippen LogP contribution in [0.25, 0.3) is 0 Å². The zero-order valence-electron chi connectivity index (χ0n) is 14.0. The van der Waals surface area contributed by atoms with Crippen molar-refractivity contribution in [1.29, 1.82) is 0 Å². The summed E-state index contributed by atoms with van der Waals surface area (Å²) in [4.78, 5) is 19.4. The molecular formula is C20H28N2O. The standard InChI is InChI=1S/C20H28N2O/c23-20(13-18(15-5-3-6-15)16-7-4-8-16)22-12-10-17(14-22)19-9-1-2-11-21-19/h1-2,9,11,15-18H,3-8,10,12-14H2. The van der Waals surface area contributed by atoms with Crippen LogP contribution in [0.4, 0.5) is 0 Å². The molecule has 0 N–H and O–H groups in total. The van der Waals surface area contributed by atoms with Gasteiger partial charge in [-0.05, 0) is 36.3 Å². The van der Waals surface area contributed by atoms with Gasteiger partial charge in [0.15, 0.2) is 0 Å². The van der Waals surface area contributed by atoms with Gasteiger partial charge in [0.05, 0.1) is 0 Å². The van der Waals surface area contributed by atoms with E-state index in [0.29, 0.717) is 17.7 Å². The number of rotatable bonds is 5.